The van der Waals surface area contributed by atoms with Gasteiger partial charge in [-0.3, -0.25) is 14.4 Å². The van der Waals surface area contributed by atoms with E-state index in [0.717, 1.165) is 81.8 Å². The predicted molar refractivity (Wildman–Crippen MR) is 234 cm³/mol. The number of ether oxygens (including phenoxy) is 2. The first-order valence-corrected chi connectivity index (χ1v) is 21.8. The average molecular weight is 859 g/mol. The quantitative estimate of drug-likeness (QED) is 0.169. The van der Waals surface area contributed by atoms with Crippen molar-refractivity contribution in [2.45, 2.75) is 103 Å². The van der Waals surface area contributed by atoms with Gasteiger partial charge in [0.05, 0.1) is 25.5 Å². The van der Waals surface area contributed by atoms with E-state index >= 15 is 0 Å². The van der Waals surface area contributed by atoms with Crippen LogP contribution in [0.4, 0.5) is 37.6 Å². The third-order valence-corrected chi connectivity index (χ3v) is 13.1. The summed E-state index contributed by atoms with van der Waals surface area (Å²) in [5.74, 6) is -3.09. The molecule has 1 spiro atoms. The van der Waals surface area contributed by atoms with Gasteiger partial charge in [0.1, 0.15) is 23.0 Å². The van der Waals surface area contributed by atoms with Crippen LogP contribution in [0.15, 0.2) is 48.7 Å². The van der Waals surface area contributed by atoms with Crippen molar-refractivity contribution in [1.82, 2.24) is 20.2 Å². The number of likely N-dealkylation sites (tertiary alicyclic amines) is 1. The second-order valence-electron chi connectivity index (χ2n) is 18.0. The molecule has 16 heteroatoms. The van der Waals surface area contributed by atoms with Crippen molar-refractivity contribution in [2.75, 3.05) is 73.4 Å². The molecule has 4 heterocycles. The third-order valence-electron chi connectivity index (χ3n) is 13.1. The Bertz CT molecular complexity index is 2110. The first-order valence-electron chi connectivity index (χ1n) is 21.8. The predicted octanol–water partition coefficient (Wildman–Crippen LogP) is 6.65. The summed E-state index contributed by atoms with van der Waals surface area (Å²) in [6.07, 6.45) is 7.93. The first-order chi connectivity index (χ1) is 29.5. The van der Waals surface area contributed by atoms with E-state index < -0.39 is 24.5 Å². The number of halogens is 2. The van der Waals surface area contributed by atoms with E-state index in [1.54, 1.807) is 32.0 Å². The van der Waals surface area contributed by atoms with Crippen LogP contribution in [-0.4, -0.2) is 116 Å². The number of ketones is 2. The number of Topliss-reactive ketones (excluding diaryl/α,β-unsaturated/α-hetero) is 2. The number of nitrogens with one attached hydrogen (secondary N) is 2. The van der Waals surface area contributed by atoms with Crippen LogP contribution < -0.4 is 34.8 Å². The number of hydrogen-bond acceptors (Lipinski definition) is 12. The van der Waals surface area contributed by atoms with Gasteiger partial charge in [-0.1, -0.05) is 0 Å². The van der Waals surface area contributed by atoms with Gasteiger partial charge in [-0.05, 0) is 140 Å². The Morgan fingerprint density at radius 1 is 0.984 bits per heavy atom. The molecule has 3 aliphatic heterocycles. The number of rotatable bonds is 15. The Balaban J connectivity index is 0.849. The van der Waals surface area contributed by atoms with E-state index in [1.807, 2.05) is 12.1 Å². The number of anilines is 5. The second kappa shape index (κ2) is 18.5. The van der Waals surface area contributed by atoms with Gasteiger partial charge in [0.2, 0.25) is 5.95 Å². The van der Waals surface area contributed by atoms with Gasteiger partial charge in [0, 0.05) is 56.4 Å². The summed E-state index contributed by atoms with van der Waals surface area (Å²) in [5.41, 5.74) is 2.55. The number of hydrogen-bond donors (Lipinski definition) is 2. The highest BCUT2D eigenvalue weighted by atomic mass is 19.3. The summed E-state index contributed by atoms with van der Waals surface area (Å²) in [6.45, 7) is 11.0. The summed E-state index contributed by atoms with van der Waals surface area (Å²) >= 11 is 0. The van der Waals surface area contributed by atoms with Crippen molar-refractivity contribution in [1.29, 1.82) is 0 Å². The molecule has 2 aromatic carbocycles. The average Bonchev–Trinajstić information content (AvgIpc) is 3.31. The van der Waals surface area contributed by atoms with E-state index in [0.29, 0.717) is 41.5 Å². The van der Waals surface area contributed by atoms with Crippen LogP contribution >= 0.6 is 0 Å². The van der Waals surface area contributed by atoms with E-state index in [-0.39, 0.29) is 52.4 Å². The molecule has 2 saturated heterocycles. The fourth-order valence-electron chi connectivity index (χ4n) is 9.36. The van der Waals surface area contributed by atoms with Crippen LogP contribution in [0.3, 0.4) is 0 Å². The summed E-state index contributed by atoms with van der Waals surface area (Å²) in [4.78, 5) is 65.5. The Morgan fingerprint density at radius 3 is 2.31 bits per heavy atom. The van der Waals surface area contributed by atoms with Crippen LogP contribution in [0.2, 0.25) is 0 Å². The molecule has 2 amide bonds. The number of benzene rings is 2. The molecule has 3 fully saturated rings. The number of aromatic nitrogens is 2. The zero-order valence-electron chi connectivity index (χ0n) is 36.7. The normalized spacial score (nSPS) is 19.7. The number of methoxy groups -OCH3 is 1. The highest BCUT2D eigenvalue weighted by molar-refractivity contribution is 6.02. The number of carbonyl (C=O) groups excluding carboxylic acids is 4. The number of carbonyl (C=O) groups is 4. The molecule has 1 atom stereocenters. The van der Waals surface area contributed by atoms with E-state index in [1.165, 1.54) is 39.1 Å². The van der Waals surface area contributed by atoms with Crippen molar-refractivity contribution in [2.24, 2.45) is 11.3 Å². The van der Waals surface area contributed by atoms with Crippen molar-refractivity contribution in [3.05, 3.63) is 54.2 Å². The molecule has 1 aromatic heterocycles. The van der Waals surface area contributed by atoms with Crippen LogP contribution in [0.25, 0.3) is 0 Å². The number of piperidine rings is 2. The molecule has 1 aliphatic carbocycles. The number of fused-ring (bicyclic) bond motifs is 1. The monoisotopic (exact) mass is 858 g/mol. The van der Waals surface area contributed by atoms with Gasteiger partial charge >= 0.3 is 5.92 Å². The minimum Gasteiger partial charge on any atom is -0.495 e. The summed E-state index contributed by atoms with van der Waals surface area (Å²) < 4.78 is 41.1. The lowest BCUT2D eigenvalue weighted by Crippen LogP contribution is -2.55. The number of alkyl halides is 2. The lowest BCUT2D eigenvalue weighted by molar-refractivity contribution is -0.140. The van der Waals surface area contributed by atoms with E-state index in [9.17, 15) is 28.0 Å². The second-order valence-corrected chi connectivity index (χ2v) is 18.0. The van der Waals surface area contributed by atoms with Gasteiger partial charge in [-0.2, -0.15) is 13.8 Å². The van der Waals surface area contributed by atoms with E-state index in [2.05, 4.69) is 42.5 Å². The van der Waals surface area contributed by atoms with Gasteiger partial charge in [-0.15, -0.1) is 0 Å². The Kier molecular flexibility index (Phi) is 13.4. The van der Waals surface area contributed by atoms with Gasteiger partial charge < -0.3 is 44.5 Å². The largest absolute Gasteiger partial charge is 0.495 e. The topological polar surface area (TPSA) is 150 Å². The molecule has 3 aromatic rings. The summed E-state index contributed by atoms with van der Waals surface area (Å²) in [6, 6.07) is 12.7. The molecule has 1 unspecified atom stereocenters. The molecule has 4 aliphatic rings. The zero-order chi connectivity index (χ0) is 44.3. The maximum atomic E-state index is 14.8. The molecule has 2 N–H and O–H groups in total. The lowest BCUT2D eigenvalue weighted by Gasteiger charge is -2.52. The van der Waals surface area contributed by atoms with Crippen LogP contribution in [-0.2, 0) is 14.4 Å². The number of nitrogens with zero attached hydrogens (tertiary/aromatic N) is 6. The minimum atomic E-state index is -3.59. The van der Waals surface area contributed by atoms with Crippen LogP contribution in [0.1, 0.15) is 89.4 Å². The molecule has 1 saturated carbocycles. The molecule has 7 rings (SSSR count). The molecule has 334 valence electrons. The number of amides is 2. The molecular formula is C46H60F2N8O6. The Labute approximate surface area is 362 Å². The lowest BCUT2D eigenvalue weighted by atomic mass is 9.60. The maximum Gasteiger partial charge on any atom is 0.342 e. The fraction of sp³-hybridized carbons (Fsp3) is 0.565. The third kappa shape index (κ3) is 10.1. The molecule has 62 heavy (non-hydrogen) atoms. The van der Waals surface area contributed by atoms with Crippen molar-refractivity contribution >= 4 is 52.2 Å². The highest BCUT2D eigenvalue weighted by Gasteiger charge is 2.48. The van der Waals surface area contributed by atoms with Crippen molar-refractivity contribution in [3.63, 3.8) is 0 Å². The van der Waals surface area contributed by atoms with Crippen molar-refractivity contribution < 1.29 is 37.4 Å². The first kappa shape index (κ1) is 44.7. The highest BCUT2D eigenvalue weighted by Crippen LogP contribution is 2.49. The zero-order valence-corrected chi connectivity index (χ0v) is 36.7. The minimum absolute atomic E-state index is 0.0470. The SMILES string of the molecule is COc1cc(C(=O)NC2CC3(CCN(CC4CCN(c5ccc(OC(CCC(C)=O)C(C)=O)cc5)CC4)CC3)C2)ccc1Nc1ncc2c(n1)N(C(C)C)CC(F)(F)C(=O)N2C. The molecule has 0 radical (unpaired) electrons. The Morgan fingerprint density at radius 2 is 1.68 bits per heavy atom. The summed E-state index contributed by atoms with van der Waals surface area (Å²) in [5, 5.41) is 6.32. The van der Waals surface area contributed by atoms with Crippen molar-refractivity contribution in [3.8, 4) is 11.5 Å². The molecule has 14 nitrogen and oxygen atoms in total. The fourth-order valence-corrected chi connectivity index (χ4v) is 9.36. The Hall–Kier alpha value is -5.38. The summed E-state index contributed by atoms with van der Waals surface area (Å²) in [7, 11) is 2.79. The van der Waals surface area contributed by atoms with Gasteiger partial charge in [-0.25, -0.2) is 4.98 Å². The smallest absolute Gasteiger partial charge is 0.342 e. The van der Waals surface area contributed by atoms with E-state index in [4.69, 9.17) is 9.47 Å². The molecule has 0 bridgehead atoms. The van der Waals surface area contributed by atoms with Gasteiger partial charge in [0.15, 0.2) is 17.7 Å². The van der Waals surface area contributed by atoms with Gasteiger partial charge in [0.25, 0.3) is 11.8 Å². The molecular weight excluding hydrogens is 799 g/mol. The van der Waals surface area contributed by atoms with Crippen LogP contribution in [0, 0.1) is 11.3 Å². The van der Waals surface area contributed by atoms with Crippen LogP contribution in [0.5, 0.6) is 11.5 Å². The standard InChI is InChI=1S/C46H60F2N8O6/c1-29(2)56-28-46(47,48)43(60)53(5)38-26-49-44(52-41(38)56)51-37-13-8-33(23-40(37)61-6)42(59)50-34-24-45(25-34)17-21-54(22-18-45)27-32-15-19-55(20-16-32)35-9-11-36(12-10-35)62-39(31(4)58)14-7-30(3)57/h8-13,23,26,29,32,34,39H,7,14-22,24-25,27-28H2,1-6H3,(H,50,59)(H,49,51,52). The maximum absolute atomic E-state index is 14.8.